The molecule has 5 heterocycles. The zero-order chi connectivity index (χ0) is 17.3. The SMILES string of the molecule is Cn1c2[n+](c3c1c1cnccc1n3-c1ccccc1)Cc1cnccc1-2. The third kappa shape index (κ3) is 1.57. The number of aryl methyl sites for hydroxylation is 1. The summed E-state index contributed by atoms with van der Waals surface area (Å²) < 4.78 is 7.04. The van der Waals surface area contributed by atoms with E-state index in [1.165, 1.54) is 39.0 Å². The van der Waals surface area contributed by atoms with E-state index in [0.717, 1.165) is 12.2 Å². The lowest BCUT2D eigenvalue weighted by molar-refractivity contribution is -0.648. The fourth-order valence-electron chi connectivity index (χ4n) is 4.33. The molecule has 5 nitrogen and oxygen atoms in total. The van der Waals surface area contributed by atoms with Crippen molar-refractivity contribution in [3.63, 3.8) is 0 Å². The van der Waals surface area contributed by atoms with Gasteiger partial charge >= 0.3 is 0 Å². The van der Waals surface area contributed by atoms with Crippen LogP contribution in [0.25, 0.3) is 39.1 Å². The average Bonchev–Trinajstić information content (AvgIpc) is 3.31. The highest BCUT2D eigenvalue weighted by molar-refractivity contribution is 6.05. The van der Waals surface area contributed by atoms with Crippen molar-refractivity contribution in [2.24, 2.45) is 7.05 Å². The summed E-state index contributed by atoms with van der Waals surface area (Å²) in [7, 11) is 2.14. The fraction of sp³-hybridized carbons (Fsp3) is 0.0952. The van der Waals surface area contributed by atoms with E-state index in [-0.39, 0.29) is 0 Å². The summed E-state index contributed by atoms with van der Waals surface area (Å²) in [5, 5.41) is 1.17. The van der Waals surface area contributed by atoms with Crippen molar-refractivity contribution in [2.45, 2.75) is 6.54 Å². The Labute approximate surface area is 149 Å². The standard InChI is InChI=1S/C21H16N5/c1-24-19-17-12-23-10-8-18(17)26(15-5-3-2-4-6-15)21(19)25-13-14-11-22-9-7-16(14)20(24)25/h2-12H,13H2,1H3/q+1. The molecule has 0 atom stereocenters. The van der Waals surface area contributed by atoms with Crippen LogP contribution in [0.5, 0.6) is 0 Å². The van der Waals surface area contributed by atoms with Crippen LogP contribution in [-0.2, 0) is 13.6 Å². The molecule has 124 valence electrons. The van der Waals surface area contributed by atoms with Crippen molar-refractivity contribution >= 4 is 22.1 Å². The van der Waals surface area contributed by atoms with E-state index in [2.05, 4.69) is 73.2 Å². The number of fused-ring (bicyclic) bond motifs is 7. The summed E-state index contributed by atoms with van der Waals surface area (Å²) in [6.45, 7) is 0.840. The molecule has 0 bridgehead atoms. The molecule has 1 aliphatic heterocycles. The van der Waals surface area contributed by atoms with Gasteiger partial charge in [0.25, 0.3) is 5.65 Å². The first-order valence-corrected chi connectivity index (χ1v) is 8.70. The Kier molecular flexibility index (Phi) is 2.54. The number of hydrogen-bond acceptors (Lipinski definition) is 2. The second kappa shape index (κ2) is 4.79. The van der Waals surface area contributed by atoms with Gasteiger partial charge in [0, 0.05) is 30.4 Å². The van der Waals surface area contributed by atoms with E-state index in [0.29, 0.717) is 0 Å². The van der Waals surface area contributed by atoms with E-state index >= 15 is 0 Å². The Morgan fingerprint density at radius 3 is 2.65 bits per heavy atom. The highest BCUT2D eigenvalue weighted by Gasteiger charge is 2.35. The van der Waals surface area contributed by atoms with Crippen LogP contribution < -0.4 is 4.57 Å². The number of pyridine rings is 2. The van der Waals surface area contributed by atoms with Gasteiger partial charge in [-0.25, -0.2) is 9.13 Å². The van der Waals surface area contributed by atoms with E-state index in [4.69, 9.17) is 0 Å². The predicted octanol–water partition coefficient (Wildman–Crippen LogP) is 3.23. The van der Waals surface area contributed by atoms with Crippen molar-refractivity contribution < 1.29 is 4.57 Å². The average molecular weight is 338 g/mol. The summed E-state index contributed by atoms with van der Waals surface area (Å²) in [6, 6.07) is 14.7. The van der Waals surface area contributed by atoms with Crippen molar-refractivity contribution in [2.75, 3.05) is 0 Å². The molecule has 0 fully saturated rings. The van der Waals surface area contributed by atoms with E-state index in [9.17, 15) is 0 Å². The molecule has 5 aromatic rings. The molecule has 4 aromatic heterocycles. The maximum Gasteiger partial charge on any atom is 0.275 e. The molecule has 1 aliphatic rings. The van der Waals surface area contributed by atoms with Crippen molar-refractivity contribution in [3.8, 4) is 17.1 Å². The molecular formula is C21H16N5+. The van der Waals surface area contributed by atoms with Gasteiger partial charge in [0.1, 0.15) is 11.2 Å². The molecule has 6 rings (SSSR count). The molecule has 0 aliphatic carbocycles. The van der Waals surface area contributed by atoms with E-state index < -0.39 is 0 Å². The van der Waals surface area contributed by atoms with Crippen molar-refractivity contribution in [1.82, 2.24) is 19.1 Å². The zero-order valence-corrected chi connectivity index (χ0v) is 14.3. The van der Waals surface area contributed by atoms with Crippen LogP contribution in [0.4, 0.5) is 0 Å². The van der Waals surface area contributed by atoms with Gasteiger partial charge in [-0.2, -0.15) is 0 Å². The first-order chi connectivity index (χ1) is 12.8. The summed E-state index contributed by atoms with van der Waals surface area (Å²) in [6.07, 6.45) is 7.69. The second-order valence-electron chi connectivity index (χ2n) is 6.74. The van der Waals surface area contributed by atoms with Gasteiger partial charge in [-0.05, 0) is 24.3 Å². The molecule has 0 spiro atoms. The van der Waals surface area contributed by atoms with Crippen LogP contribution in [0.3, 0.4) is 0 Å². The Hall–Kier alpha value is -3.47. The lowest BCUT2D eigenvalue weighted by atomic mass is 10.2. The minimum absolute atomic E-state index is 0.840. The lowest BCUT2D eigenvalue weighted by Gasteiger charge is -2.03. The van der Waals surface area contributed by atoms with Gasteiger partial charge in [-0.1, -0.05) is 18.2 Å². The van der Waals surface area contributed by atoms with Crippen molar-refractivity contribution in [3.05, 3.63) is 72.8 Å². The number of para-hydroxylation sites is 1. The maximum atomic E-state index is 4.39. The quantitative estimate of drug-likeness (QED) is 0.432. The topological polar surface area (TPSA) is 39.5 Å². The number of rotatable bonds is 1. The van der Waals surface area contributed by atoms with Gasteiger partial charge in [0.15, 0.2) is 5.52 Å². The highest BCUT2D eigenvalue weighted by Crippen LogP contribution is 2.36. The molecular weight excluding hydrogens is 322 g/mol. The Balaban J connectivity index is 1.83. The number of nitrogens with zero attached hydrogens (tertiary/aromatic N) is 5. The molecule has 5 heteroatoms. The van der Waals surface area contributed by atoms with Crippen LogP contribution in [0.2, 0.25) is 0 Å². The third-order valence-corrected chi connectivity index (χ3v) is 5.37. The number of hydrogen-bond donors (Lipinski definition) is 0. The molecule has 0 amide bonds. The second-order valence-corrected chi connectivity index (χ2v) is 6.74. The largest absolute Gasteiger partial charge is 0.275 e. The molecule has 0 radical (unpaired) electrons. The van der Waals surface area contributed by atoms with Gasteiger partial charge < -0.3 is 0 Å². The molecule has 1 aromatic carbocycles. The molecule has 0 unspecified atom stereocenters. The number of aromatic nitrogens is 5. The first-order valence-electron chi connectivity index (χ1n) is 8.70. The van der Waals surface area contributed by atoms with Crippen LogP contribution in [0.15, 0.2) is 67.3 Å². The number of benzene rings is 1. The minimum Gasteiger partial charge on any atom is -0.264 e. The van der Waals surface area contributed by atoms with Gasteiger partial charge in [-0.3, -0.25) is 14.5 Å². The van der Waals surface area contributed by atoms with Crippen LogP contribution in [0, 0.1) is 0 Å². The highest BCUT2D eigenvalue weighted by atomic mass is 15.2. The van der Waals surface area contributed by atoms with Gasteiger partial charge in [0.2, 0.25) is 5.82 Å². The van der Waals surface area contributed by atoms with Gasteiger partial charge in [0.05, 0.1) is 24.5 Å². The minimum atomic E-state index is 0.840. The lowest BCUT2D eigenvalue weighted by Crippen LogP contribution is -2.33. The van der Waals surface area contributed by atoms with Crippen LogP contribution in [-0.4, -0.2) is 19.1 Å². The van der Waals surface area contributed by atoms with Crippen LogP contribution >= 0.6 is 0 Å². The molecule has 0 saturated heterocycles. The Morgan fingerprint density at radius 1 is 0.962 bits per heavy atom. The molecule has 0 N–H and O–H groups in total. The summed E-state index contributed by atoms with van der Waals surface area (Å²) in [4.78, 5) is 8.70. The summed E-state index contributed by atoms with van der Waals surface area (Å²) in [5.74, 6) is 1.22. The van der Waals surface area contributed by atoms with Crippen molar-refractivity contribution in [1.29, 1.82) is 0 Å². The third-order valence-electron chi connectivity index (χ3n) is 5.37. The molecule has 0 saturated carbocycles. The smallest absolute Gasteiger partial charge is 0.264 e. The molecule has 26 heavy (non-hydrogen) atoms. The number of imidazole rings is 1. The normalized spacial score (nSPS) is 12.7. The monoisotopic (exact) mass is 338 g/mol. The zero-order valence-electron chi connectivity index (χ0n) is 14.3. The maximum absolute atomic E-state index is 4.39. The van der Waals surface area contributed by atoms with E-state index in [1.54, 1.807) is 0 Å². The predicted molar refractivity (Wildman–Crippen MR) is 100 cm³/mol. The summed E-state index contributed by atoms with van der Waals surface area (Å²) >= 11 is 0. The fourth-order valence-corrected chi connectivity index (χ4v) is 4.33. The van der Waals surface area contributed by atoms with E-state index in [1.807, 2.05) is 24.8 Å². The Bertz CT molecular complexity index is 1310. The Morgan fingerprint density at radius 2 is 1.77 bits per heavy atom. The summed E-state index contributed by atoms with van der Waals surface area (Å²) in [5.41, 5.74) is 7.28. The van der Waals surface area contributed by atoms with Gasteiger partial charge in [-0.15, -0.1) is 0 Å². The van der Waals surface area contributed by atoms with Crippen LogP contribution in [0.1, 0.15) is 5.56 Å². The first kappa shape index (κ1) is 13.8.